The average molecular weight is 460 g/mol. The molecule has 6 heteroatoms. The number of hydrogen-bond donors (Lipinski definition) is 1. The minimum absolute atomic E-state index is 0. The van der Waals surface area contributed by atoms with Crippen molar-refractivity contribution in [2.75, 3.05) is 50.1 Å². The number of unbranched alkanes of at least 4 members (excludes halogenated alkanes) is 2. The molecule has 0 saturated carbocycles. The van der Waals surface area contributed by atoms with Gasteiger partial charge in [-0.1, -0.05) is 44.5 Å². The van der Waals surface area contributed by atoms with Crippen LogP contribution in [0.3, 0.4) is 0 Å². The van der Waals surface area contributed by atoms with Crippen LogP contribution in [0.15, 0.2) is 48.5 Å². The molecule has 0 aromatic heterocycles. The summed E-state index contributed by atoms with van der Waals surface area (Å²) >= 11 is 0. The number of benzene rings is 2. The molecule has 2 aromatic carbocycles. The molecule has 0 unspecified atom stereocenters. The molecule has 2 aromatic rings. The lowest BCUT2D eigenvalue weighted by atomic mass is 10.0. The van der Waals surface area contributed by atoms with Crippen LogP contribution < -0.4 is 15.0 Å². The van der Waals surface area contributed by atoms with Gasteiger partial charge in [-0.15, -0.1) is 12.4 Å². The molecule has 1 fully saturated rings. The first kappa shape index (κ1) is 26.0. The van der Waals surface area contributed by atoms with E-state index in [0.717, 1.165) is 63.4 Å². The zero-order chi connectivity index (χ0) is 22.1. The summed E-state index contributed by atoms with van der Waals surface area (Å²) in [5.74, 6) is 1.57. The second-order valence-electron chi connectivity index (χ2n) is 8.64. The van der Waals surface area contributed by atoms with Gasteiger partial charge in [-0.25, -0.2) is 0 Å². The van der Waals surface area contributed by atoms with E-state index in [-0.39, 0.29) is 18.3 Å². The van der Waals surface area contributed by atoms with Gasteiger partial charge in [-0.05, 0) is 55.1 Å². The highest BCUT2D eigenvalue weighted by atomic mass is 35.5. The molecular formula is C26H38ClN3O2. The van der Waals surface area contributed by atoms with Crippen molar-refractivity contribution in [3.63, 3.8) is 0 Å². The predicted molar refractivity (Wildman–Crippen MR) is 137 cm³/mol. The van der Waals surface area contributed by atoms with Crippen LogP contribution in [0.25, 0.3) is 0 Å². The van der Waals surface area contributed by atoms with Gasteiger partial charge in [-0.3, -0.25) is 9.69 Å². The second-order valence-corrected chi connectivity index (χ2v) is 8.64. The summed E-state index contributed by atoms with van der Waals surface area (Å²) in [7, 11) is 1.73. The van der Waals surface area contributed by atoms with Crippen molar-refractivity contribution >= 4 is 29.7 Å². The molecule has 0 radical (unpaired) electrons. The van der Waals surface area contributed by atoms with Crippen LogP contribution in [0.2, 0.25) is 0 Å². The van der Waals surface area contributed by atoms with E-state index in [0.29, 0.717) is 12.3 Å². The number of amides is 1. The molecule has 32 heavy (non-hydrogen) atoms. The number of carbonyl (C=O) groups is 1. The molecule has 0 bridgehead atoms. The van der Waals surface area contributed by atoms with Crippen molar-refractivity contribution in [1.29, 1.82) is 0 Å². The lowest BCUT2D eigenvalue weighted by molar-refractivity contribution is -0.116. The minimum atomic E-state index is 0. The lowest BCUT2D eigenvalue weighted by Crippen LogP contribution is -2.46. The van der Waals surface area contributed by atoms with Crippen LogP contribution in [0.5, 0.6) is 5.75 Å². The maximum absolute atomic E-state index is 12.2. The summed E-state index contributed by atoms with van der Waals surface area (Å²) in [6.45, 7) is 9.66. The summed E-state index contributed by atoms with van der Waals surface area (Å²) in [4.78, 5) is 17.1. The molecule has 0 aliphatic carbocycles. The van der Waals surface area contributed by atoms with Crippen LogP contribution in [0.1, 0.15) is 51.0 Å². The van der Waals surface area contributed by atoms with Crippen molar-refractivity contribution in [3.8, 4) is 5.75 Å². The summed E-state index contributed by atoms with van der Waals surface area (Å²) in [6, 6.07) is 16.4. The number of halogens is 1. The highest BCUT2D eigenvalue weighted by Gasteiger charge is 2.19. The quantitative estimate of drug-likeness (QED) is 0.472. The van der Waals surface area contributed by atoms with E-state index in [2.05, 4.69) is 53.2 Å². The molecule has 3 rings (SSSR count). The van der Waals surface area contributed by atoms with Crippen LogP contribution in [0, 0.1) is 0 Å². The standard InChI is InChI=1S/C26H37N3O2.ClH/c1-21(2)22-12-14-23(15-13-22)27-26(30)11-5-4-8-16-28-17-19-29(20-18-28)24-9-6-7-10-25(24)31-3;/h6-7,9-10,12-15,21H,4-5,8,11,16-20H2,1-3H3,(H,27,30);1H. The molecule has 1 saturated heterocycles. The number of para-hydroxylation sites is 2. The van der Waals surface area contributed by atoms with E-state index in [1.165, 1.54) is 11.3 Å². The molecule has 5 nitrogen and oxygen atoms in total. The van der Waals surface area contributed by atoms with Gasteiger partial charge in [0.15, 0.2) is 0 Å². The summed E-state index contributed by atoms with van der Waals surface area (Å²) < 4.78 is 5.50. The Bertz CT molecular complexity index is 818. The largest absolute Gasteiger partial charge is 0.495 e. The Morgan fingerprint density at radius 3 is 2.31 bits per heavy atom. The number of hydrogen-bond acceptors (Lipinski definition) is 4. The van der Waals surface area contributed by atoms with Crippen LogP contribution in [-0.4, -0.2) is 50.6 Å². The van der Waals surface area contributed by atoms with E-state index in [1.807, 2.05) is 24.3 Å². The van der Waals surface area contributed by atoms with Crippen LogP contribution >= 0.6 is 12.4 Å². The monoisotopic (exact) mass is 459 g/mol. The molecule has 0 atom stereocenters. The fraction of sp³-hybridized carbons (Fsp3) is 0.500. The van der Waals surface area contributed by atoms with Gasteiger partial charge in [0.2, 0.25) is 5.91 Å². The van der Waals surface area contributed by atoms with Crippen molar-refractivity contribution in [3.05, 3.63) is 54.1 Å². The predicted octanol–water partition coefficient (Wildman–Crippen LogP) is 5.56. The number of piperazine rings is 1. The van der Waals surface area contributed by atoms with Gasteiger partial charge in [0, 0.05) is 38.3 Å². The van der Waals surface area contributed by atoms with E-state index < -0.39 is 0 Å². The SMILES string of the molecule is COc1ccccc1N1CCN(CCCCCC(=O)Nc2ccc(C(C)C)cc2)CC1.Cl. The first-order chi connectivity index (χ1) is 15.1. The molecule has 1 N–H and O–H groups in total. The smallest absolute Gasteiger partial charge is 0.224 e. The van der Waals surface area contributed by atoms with Gasteiger partial charge >= 0.3 is 0 Å². The van der Waals surface area contributed by atoms with Crippen molar-refractivity contribution < 1.29 is 9.53 Å². The molecule has 176 valence electrons. The van der Waals surface area contributed by atoms with Gasteiger partial charge in [0.05, 0.1) is 12.8 Å². The van der Waals surface area contributed by atoms with E-state index >= 15 is 0 Å². The fourth-order valence-corrected chi connectivity index (χ4v) is 4.08. The summed E-state index contributed by atoms with van der Waals surface area (Å²) in [5, 5.41) is 3.01. The molecule has 1 amide bonds. The van der Waals surface area contributed by atoms with Crippen molar-refractivity contribution in [2.24, 2.45) is 0 Å². The molecule has 0 spiro atoms. The highest BCUT2D eigenvalue weighted by Crippen LogP contribution is 2.28. The Morgan fingerprint density at radius 1 is 0.969 bits per heavy atom. The van der Waals surface area contributed by atoms with Crippen LogP contribution in [0.4, 0.5) is 11.4 Å². The molecular weight excluding hydrogens is 422 g/mol. The second kappa shape index (κ2) is 13.3. The number of ether oxygens (including phenoxy) is 1. The average Bonchev–Trinajstić information content (AvgIpc) is 2.79. The number of rotatable bonds is 10. The fourth-order valence-electron chi connectivity index (χ4n) is 4.08. The van der Waals surface area contributed by atoms with Gasteiger partial charge in [0.25, 0.3) is 0 Å². The summed E-state index contributed by atoms with van der Waals surface area (Å²) in [5.41, 5.74) is 3.37. The Labute approximate surface area is 199 Å². The molecule has 1 heterocycles. The van der Waals surface area contributed by atoms with Gasteiger partial charge in [-0.2, -0.15) is 0 Å². The third kappa shape index (κ3) is 7.72. The van der Waals surface area contributed by atoms with Crippen LogP contribution in [-0.2, 0) is 4.79 Å². The lowest BCUT2D eigenvalue weighted by Gasteiger charge is -2.36. The number of nitrogens with one attached hydrogen (secondary N) is 1. The first-order valence-electron chi connectivity index (χ1n) is 11.6. The van der Waals surface area contributed by atoms with E-state index in [1.54, 1.807) is 7.11 Å². The third-order valence-electron chi connectivity index (χ3n) is 6.04. The number of nitrogens with zero attached hydrogens (tertiary/aromatic N) is 2. The number of carbonyl (C=O) groups excluding carboxylic acids is 1. The summed E-state index contributed by atoms with van der Waals surface area (Å²) in [6.07, 6.45) is 3.77. The molecule has 1 aliphatic heterocycles. The molecule has 1 aliphatic rings. The topological polar surface area (TPSA) is 44.8 Å². The maximum Gasteiger partial charge on any atom is 0.224 e. The number of methoxy groups -OCH3 is 1. The Balaban J connectivity index is 0.00000363. The Kier molecular flexibility index (Phi) is 10.8. The van der Waals surface area contributed by atoms with E-state index in [9.17, 15) is 4.79 Å². The third-order valence-corrected chi connectivity index (χ3v) is 6.04. The van der Waals surface area contributed by atoms with Crippen molar-refractivity contribution in [1.82, 2.24) is 4.90 Å². The first-order valence-corrected chi connectivity index (χ1v) is 11.6. The van der Waals surface area contributed by atoms with Gasteiger partial charge in [0.1, 0.15) is 5.75 Å². The van der Waals surface area contributed by atoms with Crippen molar-refractivity contribution in [2.45, 2.75) is 45.4 Å². The highest BCUT2D eigenvalue weighted by molar-refractivity contribution is 5.90. The van der Waals surface area contributed by atoms with Gasteiger partial charge < -0.3 is 15.0 Å². The minimum Gasteiger partial charge on any atom is -0.495 e. The van der Waals surface area contributed by atoms with E-state index in [4.69, 9.17) is 4.74 Å². The Morgan fingerprint density at radius 2 is 1.66 bits per heavy atom. The number of anilines is 2. The maximum atomic E-state index is 12.2. The normalized spacial score (nSPS) is 14.2. The zero-order valence-electron chi connectivity index (χ0n) is 19.7. The Hall–Kier alpha value is -2.24. The zero-order valence-corrected chi connectivity index (χ0v) is 20.5.